The second-order valence-corrected chi connectivity index (χ2v) is 7.54. The summed E-state index contributed by atoms with van der Waals surface area (Å²) in [6.45, 7) is 5.58. The van der Waals surface area contributed by atoms with E-state index < -0.39 is 0 Å². The van der Waals surface area contributed by atoms with Crippen molar-refractivity contribution in [3.05, 3.63) is 48.0 Å². The molecule has 3 saturated heterocycles. The minimum Gasteiger partial charge on any atom is -0.486 e. The normalized spacial score (nSPS) is 25.7. The van der Waals surface area contributed by atoms with Gasteiger partial charge in [-0.05, 0) is 60.7 Å². The summed E-state index contributed by atoms with van der Waals surface area (Å²) < 4.78 is 17.5. The molecule has 0 radical (unpaired) electrons. The van der Waals surface area contributed by atoms with Crippen molar-refractivity contribution < 1.29 is 14.2 Å². The van der Waals surface area contributed by atoms with Crippen LogP contribution in [0, 0.1) is 5.92 Å². The molecule has 4 nitrogen and oxygen atoms in total. The topological polar surface area (TPSA) is 30.9 Å². The van der Waals surface area contributed by atoms with Crippen LogP contribution in [-0.2, 0) is 11.3 Å². The highest BCUT2D eigenvalue weighted by Crippen LogP contribution is 2.35. The van der Waals surface area contributed by atoms with Crippen molar-refractivity contribution in [1.82, 2.24) is 4.90 Å². The van der Waals surface area contributed by atoms with Crippen LogP contribution >= 0.6 is 12.4 Å². The Labute approximate surface area is 166 Å². The number of piperidine rings is 3. The van der Waals surface area contributed by atoms with E-state index in [0.29, 0.717) is 25.9 Å². The van der Waals surface area contributed by atoms with E-state index in [0.717, 1.165) is 29.5 Å². The van der Waals surface area contributed by atoms with Gasteiger partial charge in [0, 0.05) is 6.54 Å². The first-order valence-corrected chi connectivity index (χ1v) is 9.68. The number of fused-ring (bicyclic) bond motifs is 4. The van der Waals surface area contributed by atoms with Gasteiger partial charge in [0.15, 0.2) is 11.5 Å². The van der Waals surface area contributed by atoms with Crippen LogP contribution in [-0.4, -0.2) is 43.9 Å². The number of halogens is 1. The Morgan fingerprint density at radius 2 is 1.59 bits per heavy atom. The van der Waals surface area contributed by atoms with Crippen molar-refractivity contribution in [3.8, 4) is 22.6 Å². The molecule has 0 spiro atoms. The third kappa shape index (κ3) is 3.93. The number of rotatable bonds is 4. The molecule has 2 aromatic rings. The van der Waals surface area contributed by atoms with Crippen molar-refractivity contribution in [3.63, 3.8) is 0 Å². The molecule has 0 amide bonds. The maximum atomic E-state index is 6.24. The fraction of sp³-hybridized carbons (Fsp3) is 0.455. The first-order valence-electron chi connectivity index (χ1n) is 9.68. The van der Waals surface area contributed by atoms with Gasteiger partial charge in [0.1, 0.15) is 13.2 Å². The average Bonchev–Trinajstić information content (AvgIpc) is 2.73. The highest BCUT2D eigenvalue weighted by Gasteiger charge is 2.34. The van der Waals surface area contributed by atoms with Gasteiger partial charge in [-0.1, -0.05) is 30.3 Å². The quantitative estimate of drug-likeness (QED) is 0.788. The molecule has 0 N–H and O–H groups in total. The molecule has 4 aliphatic rings. The molecule has 1 unspecified atom stereocenters. The lowest BCUT2D eigenvalue weighted by molar-refractivity contribution is -0.0765. The first-order chi connectivity index (χ1) is 12.8. The Morgan fingerprint density at radius 1 is 0.889 bits per heavy atom. The van der Waals surface area contributed by atoms with E-state index in [4.69, 9.17) is 14.2 Å². The van der Waals surface area contributed by atoms with Crippen molar-refractivity contribution in [1.29, 1.82) is 0 Å². The predicted octanol–water partition coefficient (Wildman–Crippen LogP) is 4.16. The number of ether oxygens (including phenoxy) is 3. The van der Waals surface area contributed by atoms with Gasteiger partial charge in [-0.3, -0.25) is 0 Å². The van der Waals surface area contributed by atoms with Gasteiger partial charge in [-0.15, -0.1) is 12.4 Å². The fourth-order valence-corrected chi connectivity index (χ4v) is 4.32. The molecular weight excluding hydrogens is 362 g/mol. The number of hydrogen-bond donors (Lipinski definition) is 0. The van der Waals surface area contributed by atoms with Gasteiger partial charge in [0.25, 0.3) is 0 Å². The molecule has 2 aromatic carbocycles. The van der Waals surface area contributed by atoms with E-state index in [1.807, 2.05) is 6.07 Å². The second kappa shape index (κ2) is 8.09. The average molecular weight is 388 g/mol. The van der Waals surface area contributed by atoms with Crippen molar-refractivity contribution in [2.45, 2.75) is 25.6 Å². The minimum absolute atomic E-state index is 0. The predicted molar refractivity (Wildman–Crippen MR) is 108 cm³/mol. The summed E-state index contributed by atoms with van der Waals surface area (Å²) in [6, 6.07) is 14.8. The summed E-state index contributed by atoms with van der Waals surface area (Å²) in [5.41, 5.74) is 3.58. The van der Waals surface area contributed by atoms with E-state index in [2.05, 4.69) is 41.3 Å². The van der Waals surface area contributed by atoms with Crippen LogP contribution in [0.25, 0.3) is 11.1 Å². The van der Waals surface area contributed by atoms with E-state index in [-0.39, 0.29) is 12.4 Å². The third-order valence-electron chi connectivity index (χ3n) is 5.89. The first kappa shape index (κ1) is 18.6. The molecule has 3 fully saturated rings. The molecular formula is C22H26ClNO3. The van der Waals surface area contributed by atoms with Gasteiger partial charge >= 0.3 is 0 Å². The summed E-state index contributed by atoms with van der Waals surface area (Å²) in [5, 5.41) is 0. The molecule has 4 heterocycles. The third-order valence-corrected chi connectivity index (χ3v) is 5.89. The van der Waals surface area contributed by atoms with Crippen molar-refractivity contribution >= 4 is 12.4 Å². The lowest BCUT2D eigenvalue weighted by atomic mass is 9.86. The van der Waals surface area contributed by atoms with Crippen LogP contribution in [0.5, 0.6) is 11.5 Å². The van der Waals surface area contributed by atoms with E-state index in [1.54, 1.807) is 0 Å². The van der Waals surface area contributed by atoms with Crippen LogP contribution in [0.2, 0.25) is 0 Å². The number of hydrogen-bond acceptors (Lipinski definition) is 4. The van der Waals surface area contributed by atoms with Crippen LogP contribution in [0.3, 0.4) is 0 Å². The maximum Gasteiger partial charge on any atom is 0.161 e. The second-order valence-electron chi connectivity index (χ2n) is 7.54. The molecule has 144 valence electrons. The molecule has 0 aromatic heterocycles. The Kier molecular flexibility index (Phi) is 5.58. The zero-order valence-corrected chi connectivity index (χ0v) is 16.2. The van der Waals surface area contributed by atoms with Crippen molar-refractivity contribution in [2.24, 2.45) is 5.92 Å². The van der Waals surface area contributed by atoms with Crippen LogP contribution in [0.4, 0.5) is 0 Å². The zero-order valence-electron chi connectivity index (χ0n) is 15.4. The molecule has 4 aliphatic heterocycles. The van der Waals surface area contributed by atoms with Crippen molar-refractivity contribution in [2.75, 3.05) is 32.8 Å². The number of benzene rings is 2. The summed E-state index contributed by atoms with van der Waals surface area (Å²) in [6.07, 6.45) is 3.01. The maximum absolute atomic E-state index is 6.24. The SMILES string of the molecule is Cl.c1cc(-c2ccc3c(c2)OCCO3)ccc1COC1CN2CCC1CC2. The monoisotopic (exact) mass is 387 g/mol. The molecule has 0 saturated carbocycles. The Hall–Kier alpha value is -1.75. The summed E-state index contributed by atoms with van der Waals surface area (Å²) in [4.78, 5) is 2.54. The summed E-state index contributed by atoms with van der Waals surface area (Å²) in [7, 11) is 0. The zero-order chi connectivity index (χ0) is 17.3. The van der Waals surface area contributed by atoms with Gasteiger partial charge in [0.05, 0.1) is 12.7 Å². The Morgan fingerprint density at radius 3 is 2.30 bits per heavy atom. The lowest BCUT2D eigenvalue weighted by Gasteiger charge is -2.44. The summed E-state index contributed by atoms with van der Waals surface area (Å²) >= 11 is 0. The standard InChI is InChI=1S/C22H25NO3.ClH/c1-3-17(19-5-6-20-21(13-19)25-12-11-24-20)4-2-16(1)15-26-22-14-23-9-7-18(22)8-10-23;/h1-6,13,18,22H,7-12,14-15H2;1H. The molecule has 2 bridgehead atoms. The Bertz CT molecular complexity index is 772. The van der Waals surface area contributed by atoms with Crippen LogP contribution in [0.15, 0.2) is 42.5 Å². The molecule has 27 heavy (non-hydrogen) atoms. The molecule has 5 heteroatoms. The van der Waals surface area contributed by atoms with Crippen LogP contribution in [0.1, 0.15) is 18.4 Å². The summed E-state index contributed by atoms with van der Waals surface area (Å²) in [5.74, 6) is 2.43. The van der Waals surface area contributed by atoms with Gasteiger partial charge in [0.2, 0.25) is 0 Å². The molecule has 0 aliphatic carbocycles. The fourth-order valence-electron chi connectivity index (χ4n) is 4.32. The van der Waals surface area contributed by atoms with Gasteiger partial charge in [-0.2, -0.15) is 0 Å². The highest BCUT2D eigenvalue weighted by molar-refractivity contribution is 5.85. The minimum atomic E-state index is 0. The molecule has 1 atom stereocenters. The van der Waals surface area contributed by atoms with Crippen LogP contribution < -0.4 is 9.47 Å². The number of nitrogens with zero attached hydrogens (tertiary/aromatic N) is 1. The smallest absolute Gasteiger partial charge is 0.161 e. The lowest BCUT2D eigenvalue weighted by Crippen LogP contribution is -2.51. The molecule has 6 rings (SSSR count). The Balaban J connectivity index is 0.00000180. The largest absolute Gasteiger partial charge is 0.486 e. The van der Waals surface area contributed by atoms with Gasteiger partial charge < -0.3 is 19.1 Å². The highest BCUT2D eigenvalue weighted by atomic mass is 35.5. The van der Waals surface area contributed by atoms with E-state index in [1.165, 1.54) is 37.1 Å². The van der Waals surface area contributed by atoms with E-state index >= 15 is 0 Å². The van der Waals surface area contributed by atoms with E-state index in [9.17, 15) is 0 Å². The van der Waals surface area contributed by atoms with Gasteiger partial charge in [-0.25, -0.2) is 0 Å².